The zero-order valence-corrected chi connectivity index (χ0v) is 14.3. The summed E-state index contributed by atoms with van der Waals surface area (Å²) in [5, 5.41) is 0.817. The van der Waals surface area contributed by atoms with Gasteiger partial charge in [-0.3, -0.25) is 0 Å². The van der Waals surface area contributed by atoms with E-state index in [1.54, 1.807) is 0 Å². The van der Waals surface area contributed by atoms with E-state index in [0.29, 0.717) is 4.08 Å². The Labute approximate surface area is 139 Å². The minimum atomic E-state index is 0.327. The molecule has 0 bridgehead atoms. The van der Waals surface area contributed by atoms with Gasteiger partial charge in [0.25, 0.3) is 0 Å². The molecule has 1 aliphatic heterocycles. The lowest BCUT2D eigenvalue weighted by Gasteiger charge is -2.27. The third-order valence-electron chi connectivity index (χ3n) is 3.73. The summed E-state index contributed by atoms with van der Waals surface area (Å²) in [7, 11) is 0. The average Bonchev–Trinajstić information content (AvgIpc) is 3.14. The molecule has 0 spiro atoms. The van der Waals surface area contributed by atoms with E-state index in [9.17, 15) is 0 Å². The standard InChI is InChI=1S/C16H19ClN2S2/c17-15-5-3-14(4-6-15)2-1-7-16(20-10-11-21-16)12-19-9-8-18-13-19/h3-6,8-9,13H,1-2,7,10-12H2. The Balaban J connectivity index is 1.56. The highest BCUT2D eigenvalue weighted by atomic mass is 35.5. The highest BCUT2D eigenvalue weighted by Gasteiger charge is 2.35. The lowest BCUT2D eigenvalue weighted by atomic mass is 10.1. The molecule has 112 valence electrons. The first kappa shape index (κ1) is 15.3. The van der Waals surface area contributed by atoms with Crippen molar-refractivity contribution in [2.24, 2.45) is 0 Å². The number of hydrogen-bond acceptors (Lipinski definition) is 3. The van der Waals surface area contributed by atoms with Crippen molar-refractivity contribution in [2.75, 3.05) is 11.5 Å². The number of thioether (sulfide) groups is 2. The lowest BCUT2D eigenvalue weighted by molar-refractivity contribution is 0.572. The van der Waals surface area contributed by atoms with Crippen LogP contribution < -0.4 is 0 Å². The predicted molar refractivity (Wildman–Crippen MR) is 94.3 cm³/mol. The molecule has 2 heterocycles. The van der Waals surface area contributed by atoms with Crippen molar-refractivity contribution in [1.82, 2.24) is 9.55 Å². The second-order valence-corrected chi connectivity index (χ2v) is 8.97. The van der Waals surface area contributed by atoms with Gasteiger partial charge in [-0.25, -0.2) is 4.98 Å². The van der Waals surface area contributed by atoms with Crippen molar-refractivity contribution in [3.63, 3.8) is 0 Å². The van der Waals surface area contributed by atoms with Crippen LogP contribution in [0.2, 0.25) is 5.02 Å². The Bertz CT molecular complexity index is 548. The summed E-state index contributed by atoms with van der Waals surface area (Å²) in [5.74, 6) is 2.53. The summed E-state index contributed by atoms with van der Waals surface area (Å²) >= 11 is 10.2. The molecule has 1 aliphatic rings. The fourth-order valence-corrected chi connectivity index (χ4v) is 6.11. The molecule has 21 heavy (non-hydrogen) atoms. The minimum absolute atomic E-state index is 0.327. The van der Waals surface area contributed by atoms with Crippen LogP contribution in [0, 0.1) is 0 Å². The Kier molecular flexibility index (Phi) is 5.19. The van der Waals surface area contributed by atoms with Crippen LogP contribution in [0.15, 0.2) is 43.0 Å². The molecule has 3 rings (SSSR count). The zero-order valence-electron chi connectivity index (χ0n) is 11.9. The quantitative estimate of drug-likeness (QED) is 0.758. The Morgan fingerprint density at radius 2 is 1.95 bits per heavy atom. The third kappa shape index (κ3) is 4.21. The van der Waals surface area contributed by atoms with Gasteiger partial charge in [-0.2, -0.15) is 0 Å². The second kappa shape index (κ2) is 7.12. The summed E-state index contributed by atoms with van der Waals surface area (Å²) in [6.45, 7) is 1.06. The number of imidazole rings is 1. The molecule has 2 nitrogen and oxygen atoms in total. The maximum atomic E-state index is 5.94. The molecule has 0 radical (unpaired) electrons. The van der Waals surface area contributed by atoms with Gasteiger partial charge < -0.3 is 4.57 Å². The van der Waals surface area contributed by atoms with Crippen LogP contribution in [0.4, 0.5) is 0 Å². The monoisotopic (exact) mass is 338 g/mol. The number of benzene rings is 1. The molecule has 1 aromatic carbocycles. The summed E-state index contributed by atoms with van der Waals surface area (Å²) in [6, 6.07) is 8.24. The first-order valence-corrected chi connectivity index (χ1v) is 9.59. The first-order valence-electron chi connectivity index (χ1n) is 7.24. The van der Waals surface area contributed by atoms with E-state index in [4.69, 9.17) is 11.6 Å². The molecule has 0 N–H and O–H groups in total. The molecule has 1 saturated heterocycles. The van der Waals surface area contributed by atoms with Crippen molar-refractivity contribution in [1.29, 1.82) is 0 Å². The van der Waals surface area contributed by atoms with Crippen molar-refractivity contribution >= 4 is 35.1 Å². The van der Waals surface area contributed by atoms with Crippen LogP contribution in [0.25, 0.3) is 0 Å². The van der Waals surface area contributed by atoms with Gasteiger partial charge >= 0.3 is 0 Å². The maximum absolute atomic E-state index is 5.94. The van der Waals surface area contributed by atoms with Crippen molar-refractivity contribution in [3.05, 3.63) is 53.6 Å². The number of hydrogen-bond donors (Lipinski definition) is 0. The van der Waals surface area contributed by atoms with Gasteiger partial charge in [0.05, 0.1) is 10.4 Å². The smallest absolute Gasteiger partial charge is 0.0946 e. The van der Waals surface area contributed by atoms with Crippen LogP contribution in [-0.2, 0) is 13.0 Å². The maximum Gasteiger partial charge on any atom is 0.0946 e. The van der Waals surface area contributed by atoms with Crippen LogP contribution in [0.1, 0.15) is 18.4 Å². The zero-order chi connectivity index (χ0) is 14.5. The number of rotatable bonds is 6. The van der Waals surface area contributed by atoms with E-state index in [1.165, 1.54) is 29.9 Å². The SMILES string of the molecule is Clc1ccc(CCCC2(Cn3ccnc3)SCCS2)cc1. The number of aromatic nitrogens is 2. The van der Waals surface area contributed by atoms with E-state index < -0.39 is 0 Å². The molecule has 0 saturated carbocycles. The molecule has 0 aliphatic carbocycles. The van der Waals surface area contributed by atoms with Crippen molar-refractivity contribution in [3.8, 4) is 0 Å². The first-order chi connectivity index (χ1) is 10.3. The van der Waals surface area contributed by atoms with Crippen LogP contribution in [-0.4, -0.2) is 25.1 Å². The fourth-order valence-electron chi connectivity index (χ4n) is 2.68. The molecular formula is C16H19ClN2S2. The van der Waals surface area contributed by atoms with Gasteiger partial charge in [-0.15, -0.1) is 23.5 Å². The van der Waals surface area contributed by atoms with Crippen LogP contribution >= 0.6 is 35.1 Å². The van der Waals surface area contributed by atoms with Crippen LogP contribution in [0.5, 0.6) is 0 Å². The molecule has 1 aromatic heterocycles. The Morgan fingerprint density at radius 1 is 1.19 bits per heavy atom. The van der Waals surface area contributed by atoms with E-state index in [0.717, 1.165) is 18.0 Å². The average molecular weight is 339 g/mol. The highest BCUT2D eigenvalue weighted by Crippen LogP contribution is 2.48. The lowest BCUT2D eigenvalue weighted by Crippen LogP contribution is -2.24. The van der Waals surface area contributed by atoms with Gasteiger partial charge in [0, 0.05) is 35.5 Å². The van der Waals surface area contributed by atoms with Gasteiger partial charge in [-0.05, 0) is 37.0 Å². The molecule has 1 fully saturated rings. The summed E-state index contributed by atoms with van der Waals surface area (Å²) < 4.78 is 2.54. The number of aryl methyl sites for hydroxylation is 1. The van der Waals surface area contributed by atoms with Gasteiger partial charge in [0.1, 0.15) is 0 Å². The van der Waals surface area contributed by atoms with Gasteiger partial charge in [-0.1, -0.05) is 23.7 Å². The predicted octanol–water partition coefficient (Wildman–Crippen LogP) is 4.74. The van der Waals surface area contributed by atoms with E-state index in [2.05, 4.69) is 51.4 Å². The highest BCUT2D eigenvalue weighted by molar-refractivity contribution is 8.21. The third-order valence-corrected chi connectivity index (χ3v) is 7.49. The minimum Gasteiger partial charge on any atom is -0.335 e. The fraction of sp³-hybridized carbons (Fsp3) is 0.438. The molecular weight excluding hydrogens is 320 g/mol. The largest absolute Gasteiger partial charge is 0.335 e. The summed E-state index contributed by atoms with van der Waals surface area (Å²) in [5.41, 5.74) is 1.38. The number of halogens is 1. The number of nitrogens with zero attached hydrogens (tertiary/aromatic N) is 2. The molecule has 5 heteroatoms. The summed E-state index contributed by atoms with van der Waals surface area (Å²) in [4.78, 5) is 4.16. The normalized spacial score (nSPS) is 17.2. The molecule has 0 amide bonds. The topological polar surface area (TPSA) is 17.8 Å². The Hall–Kier alpha value is -0.580. The van der Waals surface area contributed by atoms with Crippen molar-refractivity contribution < 1.29 is 0 Å². The molecule has 0 atom stereocenters. The summed E-state index contributed by atoms with van der Waals surface area (Å²) in [6.07, 6.45) is 9.45. The molecule has 0 unspecified atom stereocenters. The second-order valence-electron chi connectivity index (χ2n) is 5.32. The molecule has 2 aromatic rings. The van der Waals surface area contributed by atoms with E-state index in [1.807, 2.05) is 24.7 Å². The van der Waals surface area contributed by atoms with E-state index >= 15 is 0 Å². The van der Waals surface area contributed by atoms with Crippen molar-refractivity contribution in [2.45, 2.75) is 29.9 Å². The van der Waals surface area contributed by atoms with Crippen LogP contribution in [0.3, 0.4) is 0 Å². The van der Waals surface area contributed by atoms with E-state index in [-0.39, 0.29) is 0 Å². The van der Waals surface area contributed by atoms with Gasteiger partial charge in [0.15, 0.2) is 0 Å². The van der Waals surface area contributed by atoms with Gasteiger partial charge in [0.2, 0.25) is 0 Å². The Morgan fingerprint density at radius 3 is 2.62 bits per heavy atom.